The number of nitrogens with zero attached hydrogens (tertiary/aromatic N) is 10. The highest BCUT2D eigenvalue weighted by Crippen LogP contribution is 2.68. The Kier molecular flexibility index (Phi) is 16.9. The number of nitrogen functional groups attached to an aromatic ring is 3. The van der Waals surface area contributed by atoms with Crippen molar-refractivity contribution in [1.29, 1.82) is 0 Å². The Morgan fingerprint density at radius 1 is 0.627 bits per heavy atom. The largest absolute Gasteiger partial charge is 0.490 e. The maximum Gasteiger partial charge on any atom is 0.490 e. The Balaban J connectivity index is 0.790. The van der Waals surface area contributed by atoms with Crippen LogP contribution >= 0.6 is 31.3 Å². The normalized spacial score (nSPS) is 28.6. The van der Waals surface area contributed by atoms with E-state index in [0.29, 0.717) is 5.75 Å². The van der Waals surface area contributed by atoms with Gasteiger partial charge in [0.1, 0.15) is 85.7 Å². The number of benzene rings is 1. The number of phosphoric acid groups is 4. The number of H-pyrrole nitrogens is 2. The molecule has 4 unspecified atom stereocenters. The number of rotatable bonds is 23. The molecule has 450 valence electrons. The van der Waals surface area contributed by atoms with Gasteiger partial charge in [-0.2, -0.15) is 23.2 Å². The van der Waals surface area contributed by atoms with Gasteiger partial charge in [-0.1, -0.05) is 18.2 Å². The second-order valence-electron chi connectivity index (χ2n) is 18.2. The third-order valence-electron chi connectivity index (χ3n) is 12.8. The number of aromatic nitrogens is 12. The van der Waals surface area contributed by atoms with E-state index in [2.05, 4.69) is 48.5 Å². The maximum absolute atomic E-state index is 13.7. The summed E-state index contributed by atoms with van der Waals surface area (Å²) in [5.74, 6) is -0.227. The first-order chi connectivity index (χ1) is 39.2. The van der Waals surface area contributed by atoms with Gasteiger partial charge in [0, 0.05) is 7.11 Å². The number of phosphoric ester groups is 3. The Morgan fingerprint density at radius 2 is 1.17 bits per heavy atom. The third-order valence-corrected chi connectivity index (χ3v) is 18.0. The molecule has 7 aromatic rings. The highest BCUT2D eigenvalue weighted by Gasteiger charge is 2.54. The number of imidazole rings is 3. The van der Waals surface area contributed by atoms with Crippen LogP contribution in [0.5, 0.6) is 5.75 Å². The summed E-state index contributed by atoms with van der Waals surface area (Å²) in [6, 6.07) is 8.68. The van der Waals surface area contributed by atoms with E-state index < -0.39 is 136 Å². The molecule has 16 atom stereocenters. The molecule has 0 radical (unpaired) electrons. The van der Waals surface area contributed by atoms with Gasteiger partial charge in [-0.15, -0.1) is 0 Å². The third kappa shape index (κ3) is 12.7. The molecule has 3 fully saturated rings. The number of hydrogen-bond acceptors (Lipinski definition) is 30. The molecule has 9 heterocycles. The maximum atomic E-state index is 13.7. The molecular formula is C39H50N15O25P4+. The van der Waals surface area contributed by atoms with Crippen LogP contribution in [-0.2, 0) is 70.5 Å². The lowest BCUT2D eigenvalue weighted by Gasteiger charge is -2.26. The van der Waals surface area contributed by atoms with Crippen LogP contribution < -0.4 is 37.6 Å². The molecule has 44 heteroatoms. The zero-order valence-electron chi connectivity index (χ0n) is 42.2. The van der Waals surface area contributed by atoms with Crippen LogP contribution in [0.3, 0.4) is 0 Å². The molecule has 0 aliphatic carbocycles. The van der Waals surface area contributed by atoms with Crippen LogP contribution in [0.15, 0.2) is 65.2 Å². The highest BCUT2D eigenvalue weighted by molar-refractivity contribution is 7.66. The molecule has 1 aromatic carbocycles. The summed E-state index contributed by atoms with van der Waals surface area (Å²) in [7, 11) is -22.5. The number of para-hydroxylation sites is 1. The lowest BCUT2D eigenvalue weighted by atomic mass is 10.1. The minimum absolute atomic E-state index is 0.00156. The summed E-state index contributed by atoms with van der Waals surface area (Å²) in [6.07, 6.45) is -16.1. The number of nitrogens with two attached hydrogens (primary N) is 3. The van der Waals surface area contributed by atoms with Gasteiger partial charge in [-0.05, 0) is 12.1 Å². The zero-order valence-corrected chi connectivity index (χ0v) is 45.7. The van der Waals surface area contributed by atoms with Gasteiger partial charge in [0.15, 0.2) is 35.1 Å². The van der Waals surface area contributed by atoms with E-state index in [1.807, 2.05) is 0 Å². The van der Waals surface area contributed by atoms with Crippen molar-refractivity contribution >= 4 is 82.5 Å². The number of hydrogen-bond donors (Lipinski definition) is 13. The van der Waals surface area contributed by atoms with Crippen molar-refractivity contribution in [2.75, 3.05) is 50.7 Å². The summed E-state index contributed by atoms with van der Waals surface area (Å²) in [6.45, 7) is -3.37. The van der Waals surface area contributed by atoms with Crippen molar-refractivity contribution in [1.82, 2.24) is 53.6 Å². The van der Waals surface area contributed by atoms with Crippen molar-refractivity contribution in [3.63, 3.8) is 0 Å². The highest BCUT2D eigenvalue weighted by atomic mass is 31.3. The number of ether oxygens (including phenoxy) is 5. The molecule has 3 aliphatic rings. The molecule has 0 amide bonds. The van der Waals surface area contributed by atoms with Gasteiger partial charge in [-0.25, -0.2) is 42.8 Å². The molecule has 6 aromatic heterocycles. The molecule has 83 heavy (non-hydrogen) atoms. The van der Waals surface area contributed by atoms with Gasteiger partial charge < -0.3 is 80.9 Å². The minimum atomic E-state index is -6.24. The lowest BCUT2D eigenvalue weighted by Crippen LogP contribution is -2.39. The molecule has 3 aliphatic heterocycles. The van der Waals surface area contributed by atoms with Crippen LogP contribution in [0.2, 0.25) is 0 Å². The minimum Gasteiger partial charge on any atom is -0.489 e. The number of aromatic amines is 2. The van der Waals surface area contributed by atoms with Crippen LogP contribution in [0, 0.1) is 0 Å². The number of anilines is 3. The lowest BCUT2D eigenvalue weighted by molar-refractivity contribution is -0.673. The molecule has 0 bridgehead atoms. The Morgan fingerprint density at radius 3 is 1.80 bits per heavy atom. The summed E-state index contributed by atoms with van der Waals surface area (Å²) in [5.41, 5.74) is 15.5. The fourth-order valence-electron chi connectivity index (χ4n) is 9.14. The van der Waals surface area contributed by atoms with Crippen LogP contribution in [0.4, 0.5) is 17.7 Å². The van der Waals surface area contributed by atoms with Crippen LogP contribution in [-0.4, -0.2) is 182 Å². The SMILES string of the molecule is CO[C@@H]1[C@H](OP(=O)(O)OC[C@H]2O[C@@H](n3cnc4c(=O)[nH]c(N)nc43)[C@H](O)[C@@H]2O)[C@@H](COP(=O)(O)OP(=O)(O)OP(=O)(O)OC[C@H]2O[C@@H](n3c[n+](CCOc4ccccc4)c4c(=O)[nH]c(N)nc43)[C@H](O)[C@@H]2O)O[C@H]1n1cnc2c(N)ncnc21. The number of nitrogens with one attached hydrogen (secondary N) is 2. The summed E-state index contributed by atoms with van der Waals surface area (Å²) in [5, 5.41) is 43.8. The van der Waals surface area contributed by atoms with E-state index in [4.69, 9.17) is 59.0 Å². The van der Waals surface area contributed by atoms with Gasteiger partial charge in [0.05, 0.1) is 32.5 Å². The first-order valence-electron chi connectivity index (χ1n) is 23.9. The monoisotopic (exact) mass is 1250 g/mol. The number of aliphatic hydroxyl groups is 4. The molecule has 16 N–H and O–H groups in total. The van der Waals surface area contributed by atoms with Crippen molar-refractivity contribution in [2.45, 2.75) is 80.2 Å². The van der Waals surface area contributed by atoms with Crippen molar-refractivity contribution in [2.24, 2.45) is 0 Å². The average molecular weight is 1250 g/mol. The topological polar surface area (TPSA) is 571 Å². The Hall–Kier alpha value is -6.13. The first kappa shape index (κ1) is 60.0. The van der Waals surface area contributed by atoms with Gasteiger partial charge in [0.25, 0.3) is 16.7 Å². The fourth-order valence-corrected chi connectivity index (χ4v) is 13.6. The van der Waals surface area contributed by atoms with Crippen molar-refractivity contribution in [3.8, 4) is 5.75 Å². The quantitative estimate of drug-likeness (QED) is 0.0222. The van der Waals surface area contributed by atoms with E-state index >= 15 is 0 Å². The number of aliphatic hydroxyl groups excluding tert-OH is 4. The molecular weight excluding hydrogens is 1200 g/mol. The van der Waals surface area contributed by atoms with Gasteiger partial charge >= 0.3 is 36.9 Å². The smallest absolute Gasteiger partial charge is 0.489 e. The second-order valence-corrected chi connectivity index (χ2v) is 24.3. The fraction of sp³-hybridized carbons (Fsp3) is 0.462. The number of fused-ring (bicyclic) bond motifs is 3. The van der Waals surface area contributed by atoms with Crippen molar-refractivity contribution in [3.05, 3.63) is 76.3 Å². The Labute approximate surface area is 461 Å². The summed E-state index contributed by atoms with van der Waals surface area (Å²) < 4.78 is 116. The molecule has 3 saturated heterocycles. The predicted molar refractivity (Wildman–Crippen MR) is 270 cm³/mol. The van der Waals surface area contributed by atoms with Gasteiger partial charge in [-0.3, -0.25) is 46.8 Å². The summed E-state index contributed by atoms with van der Waals surface area (Å²) in [4.78, 5) is 96.9. The Bertz CT molecular complexity index is 3850. The van der Waals surface area contributed by atoms with Gasteiger partial charge in [0.2, 0.25) is 24.5 Å². The van der Waals surface area contributed by atoms with E-state index in [9.17, 15) is 67.8 Å². The van der Waals surface area contributed by atoms with E-state index in [1.54, 1.807) is 30.3 Å². The zero-order chi connectivity index (χ0) is 59.5. The van der Waals surface area contributed by atoms with E-state index in [0.717, 1.165) is 35.2 Å². The van der Waals surface area contributed by atoms with E-state index in [1.165, 1.54) is 15.5 Å². The molecule has 0 spiro atoms. The predicted octanol–water partition coefficient (Wildman–Crippen LogP) is -3.17. The standard InChI is InChI=1S/C39H49N15O25P4/c1-69-28-27(77-80(61,62)71-9-17-23(55)25(57)35(74-17)53-14-46-21-31(53)47-38(41)49-33(21)59)19(76-37(28)52-13-45-20-29(40)43-12-44-30(20)52)11-73-82(65,66)79-83(67,68)78-81(63,64)72-10-18-24(56)26(58)36(75-18)54-15-51(7-8-70-16-5-3-2-4-6-16)22-32(54)48-39(42)50-34(22)60/h2-6,12-15,17-19,23-28,35-37,55-58H,7-11H2,1H3,(H11-,40,41,42,43,44,47,48,49,50,59,60,61,62,63,64,65,66,67,68)/p+1/t17-,18-,19-,23-,24-,25-,26-,27-,28-,35-,36-,37-/m1/s1. The van der Waals surface area contributed by atoms with Crippen LogP contribution in [0.25, 0.3) is 33.5 Å². The van der Waals surface area contributed by atoms with Crippen LogP contribution in [0.1, 0.15) is 18.7 Å². The average Bonchev–Trinajstić information content (AvgIpc) is 2.57. The van der Waals surface area contributed by atoms with Crippen molar-refractivity contribution < 1.29 is 113 Å². The second kappa shape index (κ2) is 23.4. The number of methoxy groups -OCH3 is 1. The summed E-state index contributed by atoms with van der Waals surface area (Å²) >= 11 is 0. The molecule has 10 rings (SSSR count). The first-order valence-corrected chi connectivity index (χ1v) is 29.9. The van der Waals surface area contributed by atoms with E-state index in [-0.39, 0.29) is 64.4 Å². The molecule has 40 nitrogen and oxygen atoms in total. The molecule has 0 saturated carbocycles.